The maximum Gasteiger partial charge on any atom is 0.128 e. The fourth-order valence-electron chi connectivity index (χ4n) is 2.33. The minimum absolute atomic E-state index is 0.0916. The van der Waals surface area contributed by atoms with Crippen molar-refractivity contribution in [3.8, 4) is 0 Å². The van der Waals surface area contributed by atoms with Gasteiger partial charge in [-0.15, -0.1) is 0 Å². The van der Waals surface area contributed by atoms with Gasteiger partial charge in [-0.05, 0) is 44.3 Å². The minimum atomic E-state index is -0.0916. The lowest BCUT2D eigenvalue weighted by Crippen LogP contribution is -2.33. The molecule has 1 heterocycles. The van der Waals surface area contributed by atoms with Gasteiger partial charge in [0.25, 0.3) is 0 Å². The van der Waals surface area contributed by atoms with Crippen LogP contribution in [-0.2, 0) is 13.1 Å². The highest BCUT2D eigenvalue weighted by Gasteiger charge is 2.13. The van der Waals surface area contributed by atoms with Gasteiger partial charge in [-0.3, -0.25) is 0 Å². The first-order chi connectivity index (χ1) is 9.15. The van der Waals surface area contributed by atoms with Crippen molar-refractivity contribution < 1.29 is 4.39 Å². The molecular weight excluding hydrogens is 259 g/mol. The van der Waals surface area contributed by atoms with E-state index in [1.54, 1.807) is 6.07 Å². The van der Waals surface area contributed by atoms with E-state index in [2.05, 4.69) is 5.32 Å². The number of benzene rings is 1. The van der Waals surface area contributed by atoms with Crippen LogP contribution in [0.2, 0.25) is 0 Å². The molecule has 1 unspecified atom stereocenters. The number of nitrogens with zero attached hydrogens (tertiary/aromatic N) is 1. The Morgan fingerprint density at radius 3 is 2.89 bits per heavy atom. The fourth-order valence-corrected chi connectivity index (χ4v) is 3.44. The first-order valence-corrected chi connectivity index (χ1v) is 8.04. The van der Waals surface area contributed by atoms with Gasteiger partial charge in [0.2, 0.25) is 0 Å². The van der Waals surface area contributed by atoms with Crippen molar-refractivity contribution in [2.24, 2.45) is 0 Å². The highest BCUT2D eigenvalue weighted by atomic mass is 32.2. The molecule has 1 aliphatic heterocycles. The molecule has 0 aliphatic carbocycles. The van der Waals surface area contributed by atoms with Crippen molar-refractivity contribution in [3.05, 3.63) is 35.1 Å². The number of nitrogens with one attached hydrogen (secondary N) is 1. The molecule has 0 saturated carbocycles. The molecule has 0 aromatic heterocycles. The van der Waals surface area contributed by atoms with E-state index in [1.165, 1.54) is 24.3 Å². The molecule has 2 rings (SSSR count). The number of hydrogen-bond donors (Lipinski definition) is 1. The average Bonchev–Trinajstić information content (AvgIpc) is 2.40. The Morgan fingerprint density at radius 1 is 1.42 bits per heavy atom. The lowest BCUT2D eigenvalue weighted by atomic mass is 10.1. The van der Waals surface area contributed by atoms with Crippen molar-refractivity contribution >= 4 is 11.8 Å². The molecule has 1 N–H and O–H groups in total. The minimum Gasteiger partial charge on any atom is -0.309 e. The van der Waals surface area contributed by atoms with E-state index < -0.39 is 0 Å². The summed E-state index contributed by atoms with van der Waals surface area (Å²) in [6, 6.07) is 6.19. The molecule has 2 nitrogen and oxygen atoms in total. The summed E-state index contributed by atoms with van der Waals surface area (Å²) < 4.78 is 13.9. The summed E-state index contributed by atoms with van der Waals surface area (Å²) in [6.07, 6.45) is 2.53. The maximum absolute atomic E-state index is 13.9. The Labute approximate surface area is 119 Å². The molecule has 1 atom stereocenters. The summed E-state index contributed by atoms with van der Waals surface area (Å²) in [4.78, 5) is 1.98. The van der Waals surface area contributed by atoms with Crippen LogP contribution in [0.15, 0.2) is 18.2 Å². The molecule has 1 fully saturated rings. The predicted octanol–water partition coefficient (Wildman–Crippen LogP) is 2.87. The molecule has 4 heteroatoms. The van der Waals surface area contributed by atoms with Crippen molar-refractivity contribution in [1.29, 1.82) is 0 Å². The Morgan fingerprint density at radius 2 is 2.26 bits per heavy atom. The van der Waals surface area contributed by atoms with Gasteiger partial charge in [0, 0.05) is 30.4 Å². The number of rotatable bonds is 5. The van der Waals surface area contributed by atoms with E-state index in [0.29, 0.717) is 12.6 Å². The zero-order valence-electron chi connectivity index (χ0n) is 11.8. The van der Waals surface area contributed by atoms with E-state index in [0.717, 1.165) is 17.7 Å². The second kappa shape index (κ2) is 7.27. The van der Waals surface area contributed by atoms with Gasteiger partial charge >= 0.3 is 0 Å². The molecule has 1 aromatic rings. The molecule has 106 valence electrons. The topological polar surface area (TPSA) is 15.3 Å². The van der Waals surface area contributed by atoms with Crippen molar-refractivity contribution in [2.75, 3.05) is 25.6 Å². The smallest absolute Gasteiger partial charge is 0.128 e. The first-order valence-electron chi connectivity index (χ1n) is 6.88. The van der Waals surface area contributed by atoms with E-state index in [1.807, 2.05) is 42.9 Å². The summed E-state index contributed by atoms with van der Waals surface area (Å²) in [5.74, 6) is 2.37. The molecule has 0 bridgehead atoms. The summed E-state index contributed by atoms with van der Waals surface area (Å²) >= 11 is 2.01. The average molecular weight is 282 g/mol. The van der Waals surface area contributed by atoms with Gasteiger partial charge in [-0.25, -0.2) is 4.39 Å². The number of hydrogen-bond acceptors (Lipinski definition) is 3. The van der Waals surface area contributed by atoms with Crippen LogP contribution in [0.4, 0.5) is 4.39 Å². The fraction of sp³-hybridized carbons (Fsp3) is 0.600. The predicted molar refractivity (Wildman–Crippen MR) is 81.0 cm³/mol. The third-order valence-corrected chi connectivity index (χ3v) is 4.57. The SMILES string of the molecule is CN(C)Cc1ccc(CNC2CCCSC2)cc1F. The van der Waals surface area contributed by atoms with Crippen LogP contribution < -0.4 is 5.32 Å². The largest absolute Gasteiger partial charge is 0.309 e. The quantitative estimate of drug-likeness (QED) is 0.894. The van der Waals surface area contributed by atoms with Gasteiger partial charge in [-0.2, -0.15) is 11.8 Å². The Bertz CT molecular complexity index is 403. The van der Waals surface area contributed by atoms with Crippen molar-refractivity contribution in [2.45, 2.75) is 32.0 Å². The first kappa shape index (κ1) is 14.8. The summed E-state index contributed by atoms with van der Waals surface area (Å²) in [5.41, 5.74) is 1.80. The van der Waals surface area contributed by atoms with Gasteiger partial charge in [0.1, 0.15) is 5.82 Å². The Hall–Kier alpha value is -0.580. The van der Waals surface area contributed by atoms with Crippen LogP contribution in [0.3, 0.4) is 0 Å². The lowest BCUT2D eigenvalue weighted by Gasteiger charge is -2.22. The van der Waals surface area contributed by atoms with E-state index in [4.69, 9.17) is 0 Å². The van der Waals surface area contributed by atoms with Crippen LogP contribution in [-0.4, -0.2) is 36.5 Å². The Balaban J connectivity index is 1.88. The zero-order valence-corrected chi connectivity index (χ0v) is 12.6. The van der Waals surface area contributed by atoms with E-state index in [-0.39, 0.29) is 5.82 Å². The van der Waals surface area contributed by atoms with Gasteiger partial charge in [-0.1, -0.05) is 12.1 Å². The number of halogens is 1. The molecule has 0 spiro atoms. The normalized spacial score (nSPS) is 19.9. The zero-order chi connectivity index (χ0) is 13.7. The van der Waals surface area contributed by atoms with Gasteiger partial charge < -0.3 is 10.2 Å². The van der Waals surface area contributed by atoms with Crippen LogP contribution in [0.25, 0.3) is 0 Å². The van der Waals surface area contributed by atoms with E-state index >= 15 is 0 Å². The van der Waals surface area contributed by atoms with Crippen LogP contribution in [0.5, 0.6) is 0 Å². The van der Waals surface area contributed by atoms with Gasteiger partial charge in [0.05, 0.1) is 0 Å². The third-order valence-electron chi connectivity index (χ3n) is 3.36. The standard InChI is InChI=1S/C15H23FN2S/c1-18(2)10-13-6-5-12(8-15(13)16)9-17-14-4-3-7-19-11-14/h5-6,8,14,17H,3-4,7,9-11H2,1-2H3. The highest BCUT2D eigenvalue weighted by Crippen LogP contribution is 2.18. The number of thioether (sulfide) groups is 1. The molecule has 1 aromatic carbocycles. The second-order valence-electron chi connectivity index (χ2n) is 5.46. The molecule has 1 aliphatic rings. The third kappa shape index (κ3) is 4.79. The summed E-state index contributed by atoms with van der Waals surface area (Å²) in [6.45, 7) is 1.42. The maximum atomic E-state index is 13.9. The van der Waals surface area contributed by atoms with Crippen LogP contribution in [0.1, 0.15) is 24.0 Å². The summed E-state index contributed by atoms with van der Waals surface area (Å²) in [7, 11) is 3.91. The van der Waals surface area contributed by atoms with Crippen LogP contribution >= 0.6 is 11.8 Å². The van der Waals surface area contributed by atoms with Gasteiger partial charge in [0.15, 0.2) is 0 Å². The molecular formula is C15H23FN2S. The summed E-state index contributed by atoms with van der Waals surface area (Å²) in [5, 5.41) is 3.53. The van der Waals surface area contributed by atoms with Crippen molar-refractivity contribution in [3.63, 3.8) is 0 Å². The Kier molecular flexibility index (Phi) is 5.67. The van der Waals surface area contributed by atoms with Crippen molar-refractivity contribution in [1.82, 2.24) is 10.2 Å². The highest BCUT2D eigenvalue weighted by molar-refractivity contribution is 7.99. The monoisotopic (exact) mass is 282 g/mol. The molecule has 19 heavy (non-hydrogen) atoms. The lowest BCUT2D eigenvalue weighted by molar-refractivity contribution is 0.392. The molecule has 0 amide bonds. The van der Waals surface area contributed by atoms with Crippen LogP contribution in [0, 0.1) is 5.82 Å². The van der Waals surface area contributed by atoms with E-state index in [9.17, 15) is 4.39 Å². The molecule has 1 saturated heterocycles. The molecule has 0 radical (unpaired) electrons. The second-order valence-corrected chi connectivity index (χ2v) is 6.61.